The molecule has 1 amide bonds. The lowest BCUT2D eigenvalue weighted by atomic mass is 10.1. The first-order valence-corrected chi connectivity index (χ1v) is 12.0. The summed E-state index contributed by atoms with van der Waals surface area (Å²) in [7, 11) is 1.64. The number of rotatable bonds is 8. The van der Waals surface area contributed by atoms with Gasteiger partial charge in [-0.25, -0.2) is 4.98 Å². The maximum absolute atomic E-state index is 13.4. The molecule has 0 saturated heterocycles. The first-order chi connectivity index (χ1) is 15.2. The summed E-state index contributed by atoms with van der Waals surface area (Å²) in [6, 6.07) is 24.1. The summed E-state index contributed by atoms with van der Waals surface area (Å²) < 4.78 is 6.35. The highest BCUT2D eigenvalue weighted by Gasteiger charge is 2.21. The SMILES string of the molecule is CCSc1ccc(CC(=O)N(Cc2ccccc2)c2nc3cc(OC)ccc3s2)cc1. The number of hydrogen-bond donors (Lipinski definition) is 0. The van der Waals surface area contributed by atoms with Crippen molar-refractivity contribution >= 4 is 44.4 Å². The highest BCUT2D eigenvalue weighted by molar-refractivity contribution is 7.99. The van der Waals surface area contributed by atoms with Crippen molar-refractivity contribution in [3.63, 3.8) is 0 Å². The molecule has 4 aromatic rings. The first kappa shape index (κ1) is 21.4. The Morgan fingerprint density at radius 3 is 2.52 bits per heavy atom. The zero-order valence-corrected chi connectivity index (χ0v) is 19.2. The Kier molecular flexibility index (Phi) is 6.89. The molecule has 0 fully saturated rings. The third-order valence-corrected chi connectivity index (χ3v) is 6.84. The number of benzene rings is 3. The summed E-state index contributed by atoms with van der Waals surface area (Å²) in [5.41, 5.74) is 2.92. The molecule has 158 valence electrons. The van der Waals surface area contributed by atoms with E-state index in [1.54, 1.807) is 23.8 Å². The Bertz CT molecular complexity index is 1160. The van der Waals surface area contributed by atoms with Crippen molar-refractivity contribution in [1.29, 1.82) is 0 Å². The van der Waals surface area contributed by atoms with E-state index in [0.29, 0.717) is 18.1 Å². The number of carbonyl (C=O) groups excluding carboxylic acids is 1. The van der Waals surface area contributed by atoms with E-state index in [1.807, 2.05) is 60.7 Å². The van der Waals surface area contributed by atoms with Gasteiger partial charge in [0.25, 0.3) is 0 Å². The van der Waals surface area contributed by atoms with Gasteiger partial charge in [-0.15, -0.1) is 11.8 Å². The van der Waals surface area contributed by atoms with Gasteiger partial charge >= 0.3 is 0 Å². The van der Waals surface area contributed by atoms with E-state index in [9.17, 15) is 4.79 Å². The van der Waals surface area contributed by atoms with Gasteiger partial charge in [-0.05, 0) is 41.1 Å². The molecule has 0 bridgehead atoms. The Balaban J connectivity index is 1.62. The zero-order valence-electron chi connectivity index (χ0n) is 17.6. The number of hydrogen-bond acceptors (Lipinski definition) is 5. The van der Waals surface area contributed by atoms with E-state index in [0.717, 1.165) is 32.8 Å². The number of aromatic nitrogens is 1. The molecule has 0 unspecified atom stereocenters. The van der Waals surface area contributed by atoms with Gasteiger partial charge in [0, 0.05) is 11.0 Å². The fraction of sp³-hybridized carbons (Fsp3) is 0.200. The molecule has 6 heteroatoms. The normalized spacial score (nSPS) is 10.9. The molecular weight excluding hydrogens is 424 g/mol. The molecule has 0 N–H and O–H groups in total. The van der Waals surface area contributed by atoms with E-state index >= 15 is 0 Å². The molecule has 31 heavy (non-hydrogen) atoms. The van der Waals surface area contributed by atoms with Gasteiger partial charge < -0.3 is 4.74 Å². The van der Waals surface area contributed by atoms with Crippen LogP contribution in [0.5, 0.6) is 5.75 Å². The van der Waals surface area contributed by atoms with E-state index in [1.165, 1.54) is 16.2 Å². The highest BCUT2D eigenvalue weighted by atomic mass is 32.2. The van der Waals surface area contributed by atoms with E-state index in [4.69, 9.17) is 9.72 Å². The van der Waals surface area contributed by atoms with Crippen molar-refractivity contribution in [3.05, 3.63) is 83.9 Å². The number of methoxy groups -OCH3 is 1. The van der Waals surface area contributed by atoms with Crippen molar-refractivity contribution in [2.75, 3.05) is 17.8 Å². The minimum absolute atomic E-state index is 0.0331. The second-order valence-electron chi connectivity index (χ2n) is 7.05. The second-order valence-corrected chi connectivity index (χ2v) is 9.40. The van der Waals surface area contributed by atoms with Crippen LogP contribution >= 0.6 is 23.1 Å². The Labute approximate surface area is 190 Å². The van der Waals surface area contributed by atoms with E-state index < -0.39 is 0 Å². The number of thioether (sulfide) groups is 1. The smallest absolute Gasteiger partial charge is 0.233 e. The topological polar surface area (TPSA) is 42.4 Å². The molecule has 4 rings (SSSR count). The molecule has 1 heterocycles. The Morgan fingerprint density at radius 1 is 1.03 bits per heavy atom. The van der Waals surface area contributed by atoms with Crippen LogP contribution in [0, 0.1) is 0 Å². The predicted molar refractivity (Wildman–Crippen MR) is 130 cm³/mol. The van der Waals surface area contributed by atoms with Crippen LogP contribution in [-0.4, -0.2) is 23.8 Å². The number of fused-ring (bicyclic) bond motifs is 1. The molecule has 4 nitrogen and oxygen atoms in total. The molecule has 0 saturated carbocycles. The number of nitrogens with zero attached hydrogens (tertiary/aromatic N) is 2. The van der Waals surface area contributed by atoms with Gasteiger partial charge in [-0.1, -0.05) is 60.7 Å². The van der Waals surface area contributed by atoms with Crippen LogP contribution < -0.4 is 9.64 Å². The maximum Gasteiger partial charge on any atom is 0.233 e. The third kappa shape index (κ3) is 5.27. The van der Waals surface area contributed by atoms with Gasteiger partial charge in [-0.3, -0.25) is 9.69 Å². The minimum Gasteiger partial charge on any atom is -0.497 e. The number of anilines is 1. The summed E-state index contributed by atoms with van der Waals surface area (Å²) in [6.07, 6.45) is 0.336. The Hall–Kier alpha value is -2.83. The van der Waals surface area contributed by atoms with Crippen molar-refractivity contribution in [2.24, 2.45) is 0 Å². The van der Waals surface area contributed by atoms with Gasteiger partial charge in [0.05, 0.1) is 30.3 Å². The zero-order chi connectivity index (χ0) is 21.6. The summed E-state index contributed by atoms with van der Waals surface area (Å²) >= 11 is 3.33. The predicted octanol–water partition coefficient (Wildman–Crippen LogP) is 6.19. The van der Waals surface area contributed by atoms with Crippen LogP contribution in [-0.2, 0) is 17.8 Å². The lowest BCUT2D eigenvalue weighted by Crippen LogP contribution is -2.31. The van der Waals surface area contributed by atoms with Crippen molar-refractivity contribution in [2.45, 2.75) is 24.8 Å². The monoisotopic (exact) mass is 448 g/mol. The number of thiazole rings is 1. The van der Waals surface area contributed by atoms with Crippen LogP contribution in [0.2, 0.25) is 0 Å². The lowest BCUT2D eigenvalue weighted by Gasteiger charge is -2.20. The first-order valence-electron chi connectivity index (χ1n) is 10.2. The summed E-state index contributed by atoms with van der Waals surface area (Å²) in [5, 5.41) is 0.704. The van der Waals surface area contributed by atoms with E-state index in [-0.39, 0.29) is 5.91 Å². The molecule has 0 atom stereocenters. The van der Waals surface area contributed by atoms with Gasteiger partial charge in [0.2, 0.25) is 5.91 Å². The summed E-state index contributed by atoms with van der Waals surface area (Å²) in [6.45, 7) is 2.62. The van der Waals surface area contributed by atoms with Crippen molar-refractivity contribution < 1.29 is 9.53 Å². The standard InChI is InChI=1S/C25H24N2O2S2/c1-3-30-21-12-9-18(10-13-21)15-24(28)27(17-19-7-5-4-6-8-19)25-26-22-16-20(29-2)11-14-23(22)31-25/h4-14,16H,3,15,17H2,1-2H3. The quantitative estimate of drug-likeness (QED) is 0.301. The summed E-state index contributed by atoms with van der Waals surface area (Å²) in [4.78, 5) is 21.2. The summed E-state index contributed by atoms with van der Waals surface area (Å²) in [5.74, 6) is 1.83. The maximum atomic E-state index is 13.4. The van der Waals surface area contributed by atoms with Gasteiger partial charge in [-0.2, -0.15) is 0 Å². The number of carbonyl (C=O) groups is 1. The van der Waals surface area contributed by atoms with E-state index in [2.05, 4.69) is 19.1 Å². The molecule has 0 aliphatic rings. The minimum atomic E-state index is 0.0331. The fourth-order valence-corrected chi connectivity index (χ4v) is 4.93. The molecule has 0 aliphatic carbocycles. The van der Waals surface area contributed by atoms with Crippen LogP contribution in [0.4, 0.5) is 5.13 Å². The molecule has 0 spiro atoms. The third-order valence-electron chi connectivity index (χ3n) is 4.89. The Morgan fingerprint density at radius 2 is 1.81 bits per heavy atom. The van der Waals surface area contributed by atoms with Crippen molar-refractivity contribution in [3.8, 4) is 5.75 Å². The second kappa shape index (κ2) is 9.98. The number of amides is 1. The molecule has 3 aromatic carbocycles. The van der Waals surface area contributed by atoms with Crippen molar-refractivity contribution in [1.82, 2.24) is 4.98 Å². The highest BCUT2D eigenvalue weighted by Crippen LogP contribution is 2.32. The van der Waals surface area contributed by atoms with Crippen LogP contribution in [0.15, 0.2) is 77.7 Å². The molecular formula is C25H24N2O2S2. The number of ether oxygens (including phenoxy) is 1. The molecule has 0 radical (unpaired) electrons. The van der Waals surface area contributed by atoms with Crippen LogP contribution in [0.3, 0.4) is 0 Å². The van der Waals surface area contributed by atoms with Crippen LogP contribution in [0.25, 0.3) is 10.2 Å². The van der Waals surface area contributed by atoms with Gasteiger partial charge in [0.1, 0.15) is 5.75 Å². The average molecular weight is 449 g/mol. The molecule has 1 aromatic heterocycles. The van der Waals surface area contributed by atoms with Gasteiger partial charge in [0.15, 0.2) is 5.13 Å². The molecule has 0 aliphatic heterocycles. The fourth-order valence-electron chi connectivity index (χ4n) is 3.31. The lowest BCUT2D eigenvalue weighted by molar-refractivity contribution is -0.118. The van der Waals surface area contributed by atoms with Crippen LogP contribution in [0.1, 0.15) is 18.1 Å². The largest absolute Gasteiger partial charge is 0.497 e. The average Bonchev–Trinajstić information content (AvgIpc) is 3.22.